The van der Waals surface area contributed by atoms with Gasteiger partial charge in [0.25, 0.3) is 0 Å². The molecule has 3 rings (SSSR count). The van der Waals surface area contributed by atoms with Gasteiger partial charge in [-0.05, 0) is 43.1 Å². The number of esters is 1. The first-order valence-corrected chi connectivity index (χ1v) is 11.7. The molecule has 2 aromatic rings. The van der Waals surface area contributed by atoms with Crippen molar-refractivity contribution >= 4 is 52.5 Å². The average molecular weight is 482 g/mol. The van der Waals surface area contributed by atoms with E-state index in [2.05, 4.69) is 14.8 Å². The molecule has 1 fully saturated rings. The van der Waals surface area contributed by atoms with Crippen LogP contribution in [0.2, 0.25) is 10.0 Å². The average Bonchev–Trinajstić information content (AvgIpc) is 3.17. The van der Waals surface area contributed by atoms with Crippen LogP contribution in [0.4, 0.5) is 11.4 Å². The Balaban J connectivity index is 1.58. The fourth-order valence-electron chi connectivity index (χ4n) is 3.71. The molecule has 6 nitrogen and oxygen atoms in total. The third-order valence-corrected chi connectivity index (χ3v) is 6.45. The van der Waals surface area contributed by atoms with Gasteiger partial charge in [-0.2, -0.15) is 0 Å². The smallest absolute Gasteiger partial charge is 0.310 e. The van der Waals surface area contributed by atoms with Crippen LogP contribution in [0.5, 0.6) is 0 Å². The quantitative estimate of drug-likeness (QED) is 0.251. The van der Waals surface area contributed by atoms with E-state index < -0.39 is 0 Å². The minimum atomic E-state index is -0.289. The normalized spacial score (nSPS) is 17.3. The molecule has 31 heavy (non-hydrogen) atoms. The van der Waals surface area contributed by atoms with E-state index in [1.165, 1.54) is 0 Å². The molecule has 2 aromatic carbocycles. The molecule has 0 spiro atoms. The Morgan fingerprint density at radius 2 is 2.00 bits per heavy atom. The number of hydrogen-bond acceptors (Lipinski definition) is 7. The number of hydrogen-bond donors (Lipinski definition) is 1. The van der Waals surface area contributed by atoms with Crippen LogP contribution in [-0.2, 0) is 16.0 Å². The lowest BCUT2D eigenvalue weighted by Crippen LogP contribution is -2.37. The summed E-state index contributed by atoms with van der Waals surface area (Å²) in [6.07, 6.45) is 2.17. The molecule has 1 N–H and O–H groups in total. The van der Waals surface area contributed by atoms with Crippen molar-refractivity contribution in [3.8, 4) is 0 Å². The fraction of sp³-hybridized carbons (Fsp3) is 0.409. The number of rotatable bonds is 10. The molecule has 1 aliphatic heterocycles. The summed E-state index contributed by atoms with van der Waals surface area (Å²) in [5, 5.41) is 4.36. The SMILES string of the molecule is C[C@@H](CN1CCCC1COC(=O)Cc1ccccc1Nc1c(Cl)cccc1Cl)SN=O. The molecule has 0 aromatic heterocycles. The molecule has 0 saturated carbocycles. The molecule has 2 atom stereocenters. The van der Waals surface area contributed by atoms with E-state index in [1.54, 1.807) is 18.2 Å². The Labute approximate surface area is 196 Å². The van der Waals surface area contributed by atoms with Crippen molar-refractivity contribution in [3.05, 3.63) is 63.0 Å². The van der Waals surface area contributed by atoms with Gasteiger partial charge in [-0.15, -0.1) is 4.91 Å². The van der Waals surface area contributed by atoms with Gasteiger partial charge in [0.05, 0.1) is 22.2 Å². The fourth-order valence-corrected chi connectivity index (χ4v) is 4.60. The Kier molecular flexibility index (Phi) is 9.02. The van der Waals surface area contributed by atoms with E-state index in [1.807, 2.05) is 31.2 Å². The molecule has 1 aliphatic rings. The molecule has 0 amide bonds. The monoisotopic (exact) mass is 481 g/mol. The van der Waals surface area contributed by atoms with E-state index in [0.29, 0.717) is 22.3 Å². The Morgan fingerprint density at radius 1 is 1.26 bits per heavy atom. The van der Waals surface area contributed by atoms with E-state index in [9.17, 15) is 9.70 Å². The first-order chi connectivity index (χ1) is 15.0. The summed E-state index contributed by atoms with van der Waals surface area (Å²) in [7, 11) is 0. The lowest BCUT2D eigenvalue weighted by molar-refractivity contribution is -0.144. The summed E-state index contributed by atoms with van der Waals surface area (Å²) in [5.74, 6) is -0.289. The Morgan fingerprint density at radius 3 is 2.74 bits per heavy atom. The molecule has 1 heterocycles. The highest BCUT2D eigenvalue weighted by Gasteiger charge is 2.27. The van der Waals surface area contributed by atoms with Crippen molar-refractivity contribution in [1.29, 1.82) is 0 Å². The van der Waals surface area contributed by atoms with Gasteiger partial charge < -0.3 is 10.1 Å². The molecule has 0 aliphatic carbocycles. The van der Waals surface area contributed by atoms with Crippen molar-refractivity contribution in [1.82, 2.24) is 4.90 Å². The number of halogens is 2. The first kappa shape index (κ1) is 23.9. The zero-order valence-corrected chi connectivity index (χ0v) is 19.6. The van der Waals surface area contributed by atoms with Crippen molar-refractivity contribution in [2.75, 3.05) is 25.0 Å². The van der Waals surface area contributed by atoms with Crippen molar-refractivity contribution in [3.63, 3.8) is 0 Å². The molecule has 166 valence electrons. The highest BCUT2D eigenvalue weighted by Crippen LogP contribution is 2.33. The second-order valence-corrected chi connectivity index (χ2v) is 9.50. The van der Waals surface area contributed by atoms with Gasteiger partial charge in [-0.3, -0.25) is 9.69 Å². The van der Waals surface area contributed by atoms with Crippen LogP contribution in [0.15, 0.2) is 47.0 Å². The zero-order valence-electron chi connectivity index (χ0n) is 17.2. The topological polar surface area (TPSA) is 71.0 Å². The van der Waals surface area contributed by atoms with Gasteiger partial charge in [0.1, 0.15) is 6.61 Å². The van der Waals surface area contributed by atoms with Gasteiger partial charge in [0.2, 0.25) is 0 Å². The second kappa shape index (κ2) is 11.7. The van der Waals surface area contributed by atoms with Crippen LogP contribution >= 0.6 is 35.1 Å². The summed E-state index contributed by atoms with van der Waals surface area (Å²) in [6, 6.07) is 13.0. The predicted molar refractivity (Wildman–Crippen MR) is 128 cm³/mol. The number of carbonyl (C=O) groups is 1. The highest BCUT2D eigenvalue weighted by molar-refractivity contribution is 7.98. The molecule has 1 saturated heterocycles. The highest BCUT2D eigenvalue weighted by atomic mass is 35.5. The minimum absolute atomic E-state index is 0.114. The van der Waals surface area contributed by atoms with Crippen LogP contribution in [-0.4, -0.2) is 41.9 Å². The summed E-state index contributed by atoms with van der Waals surface area (Å²) < 4.78 is 8.51. The van der Waals surface area contributed by atoms with Crippen molar-refractivity contribution in [2.24, 2.45) is 4.58 Å². The number of nitrogens with zero attached hydrogens (tertiary/aromatic N) is 2. The molecule has 0 bridgehead atoms. The summed E-state index contributed by atoms with van der Waals surface area (Å²) in [6.45, 7) is 4.01. The maximum absolute atomic E-state index is 12.6. The van der Waals surface area contributed by atoms with Gasteiger partial charge in [-0.1, -0.05) is 54.4 Å². The minimum Gasteiger partial charge on any atom is -0.464 e. The van der Waals surface area contributed by atoms with Crippen molar-refractivity contribution < 1.29 is 9.53 Å². The van der Waals surface area contributed by atoms with Gasteiger partial charge >= 0.3 is 5.97 Å². The predicted octanol–water partition coefficient (Wildman–Crippen LogP) is 6.09. The van der Waals surface area contributed by atoms with Crippen LogP contribution in [0.25, 0.3) is 0 Å². The van der Waals surface area contributed by atoms with Gasteiger partial charge in [0, 0.05) is 40.1 Å². The van der Waals surface area contributed by atoms with Crippen LogP contribution < -0.4 is 5.32 Å². The molecular weight excluding hydrogens is 457 g/mol. The number of nitroso groups, excluding NO2 is 1. The lowest BCUT2D eigenvalue weighted by Gasteiger charge is -2.25. The number of para-hydroxylation sites is 2. The van der Waals surface area contributed by atoms with E-state index >= 15 is 0 Å². The number of benzene rings is 2. The van der Waals surface area contributed by atoms with Crippen molar-refractivity contribution in [2.45, 2.75) is 37.5 Å². The van der Waals surface area contributed by atoms with Gasteiger partial charge in [-0.25, -0.2) is 0 Å². The third-order valence-electron chi connectivity index (χ3n) is 5.22. The number of ether oxygens (including phenoxy) is 1. The van der Waals surface area contributed by atoms with Crippen LogP contribution in [0.1, 0.15) is 25.3 Å². The third kappa shape index (κ3) is 6.84. The summed E-state index contributed by atoms with van der Waals surface area (Å²) in [5.41, 5.74) is 2.16. The lowest BCUT2D eigenvalue weighted by atomic mass is 10.1. The van der Waals surface area contributed by atoms with E-state index in [0.717, 1.165) is 49.1 Å². The maximum atomic E-state index is 12.6. The van der Waals surface area contributed by atoms with E-state index in [4.69, 9.17) is 27.9 Å². The van der Waals surface area contributed by atoms with Crippen LogP contribution in [0, 0.1) is 4.91 Å². The molecule has 9 heteroatoms. The number of likely N-dealkylation sites (tertiary alicyclic amines) is 1. The first-order valence-electron chi connectivity index (χ1n) is 10.1. The second-order valence-electron chi connectivity index (χ2n) is 7.52. The largest absolute Gasteiger partial charge is 0.464 e. The summed E-state index contributed by atoms with van der Waals surface area (Å²) >= 11 is 13.6. The van der Waals surface area contributed by atoms with Crippen LogP contribution in [0.3, 0.4) is 0 Å². The zero-order chi connectivity index (χ0) is 22.2. The Bertz CT molecular complexity index is 895. The molecule has 0 radical (unpaired) electrons. The number of nitrogens with one attached hydrogen (secondary N) is 1. The Hall–Kier alpha value is -1.80. The summed E-state index contributed by atoms with van der Waals surface area (Å²) in [4.78, 5) is 25.3. The molecular formula is C22H25Cl2N3O3S. The van der Waals surface area contributed by atoms with Gasteiger partial charge in [0.15, 0.2) is 0 Å². The standard InChI is InChI=1S/C22H25Cl2N3O3S/c1-15(31-26-29)13-27-11-5-7-17(27)14-30-21(28)12-16-6-2-3-10-20(16)25-22-18(23)8-4-9-19(22)24/h2-4,6,8-10,15,17,25H,5,7,11-14H2,1H3/t15-,17?/m0/s1. The molecule has 1 unspecified atom stereocenters. The van der Waals surface area contributed by atoms with E-state index in [-0.39, 0.29) is 23.7 Å². The number of anilines is 2. The maximum Gasteiger partial charge on any atom is 0.310 e. The number of carbonyl (C=O) groups excluding carboxylic acids is 1.